The van der Waals surface area contributed by atoms with Crippen molar-refractivity contribution in [2.24, 2.45) is 5.10 Å². The third kappa shape index (κ3) is 3.33. The fraction of sp³-hybridized carbons (Fsp3) is 0. The van der Waals surface area contributed by atoms with Crippen LogP contribution in [0, 0.1) is 0 Å². The van der Waals surface area contributed by atoms with Crippen molar-refractivity contribution in [3.63, 3.8) is 0 Å². The summed E-state index contributed by atoms with van der Waals surface area (Å²) >= 11 is 0. The van der Waals surface area contributed by atoms with Gasteiger partial charge in [-0.15, -0.1) is 0 Å². The van der Waals surface area contributed by atoms with Crippen LogP contribution in [0.15, 0.2) is 96.1 Å². The first-order chi connectivity index (χ1) is 14.8. The van der Waals surface area contributed by atoms with Crippen molar-refractivity contribution in [1.82, 2.24) is 15.6 Å². The first-order valence-electron chi connectivity index (χ1n) is 9.64. The van der Waals surface area contributed by atoms with Crippen molar-refractivity contribution in [2.75, 3.05) is 0 Å². The molecule has 0 spiro atoms. The summed E-state index contributed by atoms with van der Waals surface area (Å²) < 4.78 is 0. The second-order valence-corrected chi connectivity index (χ2v) is 6.96. The third-order valence-electron chi connectivity index (χ3n) is 5.08. The van der Waals surface area contributed by atoms with Crippen LogP contribution in [-0.2, 0) is 0 Å². The van der Waals surface area contributed by atoms with Gasteiger partial charge < -0.3 is 0 Å². The number of hydrazone groups is 1. The van der Waals surface area contributed by atoms with E-state index in [1.165, 1.54) is 0 Å². The maximum atomic E-state index is 12.5. The van der Waals surface area contributed by atoms with Crippen LogP contribution in [0.2, 0.25) is 0 Å². The molecule has 1 heterocycles. The second kappa shape index (κ2) is 7.64. The average Bonchev–Trinajstić information content (AvgIpc) is 3.29. The van der Waals surface area contributed by atoms with Crippen molar-refractivity contribution < 1.29 is 4.79 Å². The van der Waals surface area contributed by atoms with Gasteiger partial charge in [0.1, 0.15) is 5.69 Å². The van der Waals surface area contributed by atoms with Crippen molar-refractivity contribution in [2.45, 2.75) is 0 Å². The highest BCUT2D eigenvalue weighted by molar-refractivity contribution is 6.01. The maximum absolute atomic E-state index is 12.5. The Balaban J connectivity index is 1.36. The van der Waals surface area contributed by atoms with Crippen molar-refractivity contribution >= 4 is 33.7 Å². The zero-order valence-corrected chi connectivity index (χ0v) is 16.0. The van der Waals surface area contributed by atoms with Gasteiger partial charge in [-0.2, -0.15) is 10.2 Å². The molecule has 1 amide bonds. The number of fused-ring (bicyclic) bond motifs is 2. The normalized spacial score (nSPS) is 11.3. The summed E-state index contributed by atoms with van der Waals surface area (Å²) in [5.74, 6) is -0.342. The Morgan fingerprint density at radius 3 is 2.33 bits per heavy atom. The molecule has 0 aliphatic carbocycles. The Labute approximate surface area is 173 Å². The SMILES string of the molecule is O=C(NN=Cc1cccc2ccccc12)c1cc(-c2cccc3ccccc23)n[nH]1. The molecule has 0 fully saturated rings. The molecule has 0 saturated carbocycles. The molecular formula is C25H18N4O. The first kappa shape index (κ1) is 17.8. The maximum Gasteiger partial charge on any atom is 0.289 e. The largest absolute Gasteiger partial charge is 0.289 e. The Bertz CT molecular complexity index is 1390. The highest BCUT2D eigenvalue weighted by Crippen LogP contribution is 2.27. The minimum absolute atomic E-state index is 0.342. The lowest BCUT2D eigenvalue weighted by Crippen LogP contribution is -2.18. The molecule has 5 heteroatoms. The van der Waals surface area contributed by atoms with E-state index in [9.17, 15) is 4.79 Å². The molecule has 0 aliphatic heterocycles. The van der Waals surface area contributed by atoms with Crippen LogP contribution >= 0.6 is 0 Å². The van der Waals surface area contributed by atoms with Gasteiger partial charge in [0.05, 0.1) is 11.9 Å². The fourth-order valence-corrected chi connectivity index (χ4v) is 3.61. The van der Waals surface area contributed by atoms with Crippen molar-refractivity contribution in [1.29, 1.82) is 0 Å². The van der Waals surface area contributed by atoms with Crippen LogP contribution in [0.5, 0.6) is 0 Å². The Morgan fingerprint density at radius 1 is 0.833 bits per heavy atom. The minimum atomic E-state index is -0.342. The van der Waals surface area contributed by atoms with E-state index in [0.29, 0.717) is 5.69 Å². The second-order valence-electron chi connectivity index (χ2n) is 6.96. The third-order valence-corrected chi connectivity index (χ3v) is 5.08. The molecule has 4 aromatic carbocycles. The zero-order valence-electron chi connectivity index (χ0n) is 16.0. The number of aromatic nitrogens is 2. The van der Waals surface area contributed by atoms with E-state index >= 15 is 0 Å². The molecule has 0 radical (unpaired) electrons. The Hall–Kier alpha value is -4.25. The predicted molar refractivity (Wildman–Crippen MR) is 121 cm³/mol. The highest BCUT2D eigenvalue weighted by atomic mass is 16.2. The van der Waals surface area contributed by atoms with E-state index in [4.69, 9.17) is 0 Å². The number of amides is 1. The molecule has 0 aliphatic rings. The lowest BCUT2D eigenvalue weighted by molar-refractivity contribution is 0.0950. The van der Waals surface area contributed by atoms with Gasteiger partial charge in [-0.05, 0) is 27.6 Å². The molecule has 144 valence electrons. The number of carbonyl (C=O) groups excluding carboxylic acids is 1. The molecular weight excluding hydrogens is 372 g/mol. The molecule has 5 aromatic rings. The van der Waals surface area contributed by atoms with E-state index in [0.717, 1.165) is 38.4 Å². The Morgan fingerprint density at radius 2 is 1.50 bits per heavy atom. The number of rotatable bonds is 4. The summed E-state index contributed by atoms with van der Waals surface area (Å²) in [5, 5.41) is 15.7. The van der Waals surface area contributed by atoms with Crippen LogP contribution in [0.1, 0.15) is 16.1 Å². The molecule has 30 heavy (non-hydrogen) atoms. The van der Waals surface area contributed by atoms with Crippen LogP contribution in [-0.4, -0.2) is 22.3 Å². The summed E-state index contributed by atoms with van der Waals surface area (Å²) in [6.07, 6.45) is 1.65. The van der Waals surface area contributed by atoms with Gasteiger partial charge in [0, 0.05) is 11.1 Å². The topological polar surface area (TPSA) is 70.1 Å². The van der Waals surface area contributed by atoms with Gasteiger partial charge in [0.15, 0.2) is 0 Å². The van der Waals surface area contributed by atoms with Crippen LogP contribution in [0.25, 0.3) is 32.8 Å². The summed E-state index contributed by atoms with van der Waals surface area (Å²) in [5.41, 5.74) is 5.56. The van der Waals surface area contributed by atoms with Crippen LogP contribution in [0.4, 0.5) is 0 Å². The van der Waals surface area contributed by atoms with Crippen LogP contribution in [0.3, 0.4) is 0 Å². The molecule has 5 nitrogen and oxygen atoms in total. The molecule has 0 atom stereocenters. The number of nitrogens with one attached hydrogen (secondary N) is 2. The molecule has 0 unspecified atom stereocenters. The zero-order chi connectivity index (χ0) is 20.3. The molecule has 0 bridgehead atoms. The van der Waals surface area contributed by atoms with Crippen molar-refractivity contribution in [3.8, 4) is 11.3 Å². The van der Waals surface area contributed by atoms with E-state index in [1.54, 1.807) is 12.3 Å². The number of nitrogens with zero attached hydrogens (tertiary/aromatic N) is 2. The highest BCUT2D eigenvalue weighted by Gasteiger charge is 2.12. The molecule has 1 aromatic heterocycles. The first-order valence-corrected chi connectivity index (χ1v) is 9.64. The summed E-state index contributed by atoms with van der Waals surface area (Å²) in [6.45, 7) is 0. The molecule has 0 saturated heterocycles. The molecule has 5 rings (SSSR count). The standard InChI is InChI=1S/C25H18N4O/c30-25(29-26-16-19-11-5-9-17-7-1-3-12-20(17)19)24-15-23(27-28-24)22-14-6-10-18-8-2-4-13-21(18)22/h1-16H,(H,27,28)(H,29,30). The number of hydrogen-bond acceptors (Lipinski definition) is 3. The Kier molecular flexibility index (Phi) is 4.54. The predicted octanol–water partition coefficient (Wildman–Crippen LogP) is 5.15. The summed E-state index contributed by atoms with van der Waals surface area (Å²) in [4.78, 5) is 12.5. The quantitative estimate of drug-likeness (QED) is 0.329. The molecule has 2 N–H and O–H groups in total. The van der Waals surface area contributed by atoms with E-state index < -0.39 is 0 Å². The van der Waals surface area contributed by atoms with Crippen LogP contribution < -0.4 is 5.43 Å². The number of hydrogen-bond donors (Lipinski definition) is 2. The van der Waals surface area contributed by atoms with Gasteiger partial charge >= 0.3 is 0 Å². The summed E-state index contributed by atoms with van der Waals surface area (Å²) in [6, 6.07) is 29.9. The number of carbonyl (C=O) groups is 1. The lowest BCUT2D eigenvalue weighted by atomic mass is 10.0. The minimum Gasteiger partial charge on any atom is -0.272 e. The lowest BCUT2D eigenvalue weighted by Gasteiger charge is -2.03. The van der Waals surface area contributed by atoms with Gasteiger partial charge in [-0.3, -0.25) is 9.89 Å². The smallest absolute Gasteiger partial charge is 0.272 e. The summed E-state index contributed by atoms with van der Waals surface area (Å²) in [7, 11) is 0. The van der Waals surface area contributed by atoms with Crippen molar-refractivity contribution in [3.05, 3.63) is 102 Å². The number of H-pyrrole nitrogens is 1. The van der Waals surface area contributed by atoms with E-state index in [-0.39, 0.29) is 5.91 Å². The van der Waals surface area contributed by atoms with E-state index in [2.05, 4.69) is 32.9 Å². The fourth-order valence-electron chi connectivity index (χ4n) is 3.61. The van der Waals surface area contributed by atoms with Gasteiger partial charge in [0.25, 0.3) is 5.91 Å². The van der Waals surface area contributed by atoms with Gasteiger partial charge in [-0.25, -0.2) is 5.43 Å². The number of benzene rings is 4. The number of aromatic amines is 1. The van der Waals surface area contributed by atoms with Gasteiger partial charge in [-0.1, -0.05) is 84.9 Å². The average molecular weight is 390 g/mol. The van der Waals surface area contributed by atoms with Gasteiger partial charge in [0.2, 0.25) is 0 Å². The van der Waals surface area contributed by atoms with E-state index in [1.807, 2.05) is 72.8 Å². The monoisotopic (exact) mass is 390 g/mol.